The average molecular weight is 301 g/mol. The van der Waals surface area contributed by atoms with Crippen LogP contribution in [0.25, 0.3) is 0 Å². The van der Waals surface area contributed by atoms with E-state index >= 15 is 0 Å². The molecule has 2 heterocycles. The lowest BCUT2D eigenvalue weighted by Gasteiger charge is -2.19. The Morgan fingerprint density at radius 1 is 1.24 bits per heavy atom. The summed E-state index contributed by atoms with van der Waals surface area (Å²) in [5.74, 6) is 0.840. The molecule has 0 saturated carbocycles. The van der Waals surface area contributed by atoms with Gasteiger partial charge in [-0.1, -0.05) is 17.8 Å². The van der Waals surface area contributed by atoms with Gasteiger partial charge in [0.1, 0.15) is 5.03 Å². The molecule has 0 fully saturated rings. The third-order valence-electron chi connectivity index (χ3n) is 3.23. The molecule has 0 bridgehead atoms. The van der Waals surface area contributed by atoms with E-state index in [1.807, 2.05) is 0 Å². The zero-order chi connectivity index (χ0) is 14.7. The first kappa shape index (κ1) is 14.3. The monoisotopic (exact) mass is 301 g/mol. The molecule has 5 nitrogen and oxygen atoms in total. The maximum atomic E-state index is 4.34. The molecule has 1 aliphatic heterocycles. The van der Waals surface area contributed by atoms with Crippen molar-refractivity contribution in [3.8, 4) is 0 Å². The summed E-state index contributed by atoms with van der Waals surface area (Å²) in [6.07, 6.45) is 3.44. The van der Waals surface area contributed by atoms with Crippen LogP contribution in [-0.4, -0.2) is 42.1 Å². The topological polar surface area (TPSA) is 53.1 Å². The lowest BCUT2D eigenvalue weighted by atomic mass is 10.2. The van der Waals surface area contributed by atoms with E-state index in [0.29, 0.717) is 0 Å². The number of fused-ring (bicyclic) bond motifs is 2. The second-order valence-corrected chi connectivity index (χ2v) is 6.28. The number of hydrogen-bond donors (Lipinski definition) is 2. The van der Waals surface area contributed by atoms with Crippen LogP contribution in [0, 0.1) is 0 Å². The Hall–Kier alpha value is -1.63. The van der Waals surface area contributed by atoms with E-state index in [-0.39, 0.29) is 0 Å². The van der Waals surface area contributed by atoms with Crippen LogP contribution in [0.5, 0.6) is 0 Å². The van der Waals surface area contributed by atoms with Crippen molar-refractivity contribution in [2.24, 2.45) is 0 Å². The van der Waals surface area contributed by atoms with Crippen molar-refractivity contribution in [3.05, 3.63) is 36.2 Å². The number of rotatable bonds is 5. The van der Waals surface area contributed by atoms with E-state index in [9.17, 15) is 0 Å². The second-order valence-electron chi connectivity index (χ2n) is 5.25. The number of hydrogen-bond acceptors (Lipinski definition) is 6. The summed E-state index contributed by atoms with van der Waals surface area (Å²) in [7, 11) is 4.17. The molecule has 1 aliphatic rings. The van der Waals surface area contributed by atoms with E-state index in [0.717, 1.165) is 36.2 Å². The van der Waals surface area contributed by atoms with E-state index in [1.165, 1.54) is 10.5 Å². The Morgan fingerprint density at radius 2 is 2.10 bits per heavy atom. The van der Waals surface area contributed by atoms with Crippen molar-refractivity contribution in [2.75, 3.05) is 32.5 Å². The van der Waals surface area contributed by atoms with Crippen molar-refractivity contribution in [1.29, 1.82) is 0 Å². The van der Waals surface area contributed by atoms with Gasteiger partial charge in [-0.05, 0) is 31.8 Å². The van der Waals surface area contributed by atoms with E-state index in [2.05, 4.69) is 57.8 Å². The molecular weight excluding hydrogens is 282 g/mol. The third kappa shape index (κ3) is 3.53. The zero-order valence-corrected chi connectivity index (χ0v) is 13.1. The molecule has 1 aromatic heterocycles. The molecule has 3 rings (SSSR count). The van der Waals surface area contributed by atoms with Crippen LogP contribution < -0.4 is 10.6 Å². The highest BCUT2D eigenvalue weighted by atomic mass is 32.2. The van der Waals surface area contributed by atoms with Gasteiger partial charge < -0.3 is 15.5 Å². The van der Waals surface area contributed by atoms with Gasteiger partial charge >= 0.3 is 0 Å². The normalized spacial score (nSPS) is 12.7. The van der Waals surface area contributed by atoms with Crippen LogP contribution in [0.3, 0.4) is 0 Å². The lowest BCUT2D eigenvalue weighted by Crippen LogP contribution is -2.26. The maximum absolute atomic E-state index is 4.34. The van der Waals surface area contributed by atoms with Gasteiger partial charge in [0.15, 0.2) is 5.82 Å². The first-order chi connectivity index (χ1) is 10.2. The standard InChI is InChI=1S/C15H19N5S/c1-20(2)8-7-16-10-11-3-4-13-12(9-11)19-14-15(21-13)18-6-5-17-14/h3-6,9,16H,7-8,10H2,1-2H3,(H,17,19). The van der Waals surface area contributed by atoms with E-state index in [1.54, 1.807) is 24.2 Å². The van der Waals surface area contributed by atoms with Crippen molar-refractivity contribution in [1.82, 2.24) is 20.2 Å². The molecule has 0 spiro atoms. The van der Waals surface area contributed by atoms with E-state index in [4.69, 9.17) is 0 Å². The number of aromatic nitrogens is 2. The van der Waals surface area contributed by atoms with Crippen LogP contribution in [0.2, 0.25) is 0 Å². The molecule has 1 aromatic carbocycles. The predicted octanol–water partition coefficient (Wildman–Crippen LogP) is 2.34. The smallest absolute Gasteiger partial charge is 0.163 e. The Kier molecular flexibility index (Phi) is 4.38. The van der Waals surface area contributed by atoms with Crippen molar-refractivity contribution >= 4 is 23.3 Å². The SMILES string of the molecule is CN(C)CCNCc1ccc2c(c1)Nc1nccnc1S2. The molecule has 0 atom stereocenters. The molecule has 6 heteroatoms. The predicted molar refractivity (Wildman–Crippen MR) is 86.1 cm³/mol. The Labute approximate surface area is 129 Å². The maximum Gasteiger partial charge on any atom is 0.163 e. The van der Waals surface area contributed by atoms with Crippen LogP contribution in [0.15, 0.2) is 40.5 Å². The summed E-state index contributed by atoms with van der Waals surface area (Å²) in [4.78, 5) is 12.0. The molecule has 110 valence electrons. The molecule has 2 aromatic rings. The number of nitrogens with zero attached hydrogens (tertiary/aromatic N) is 3. The summed E-state index contributed by atoms with van der Waals surface area (Å²) in [5.41, 5.74) is 2.38. The fourth-order valence-corrected chi connectivity index (χ4v) is 3.00. The van der Waals surface area contributed by atoms with Gasteiger partial charge in [-0.25, -0.2) is 9.97 Å². The average Bonchev–Trinajstić information content (AvgIpc) is 2.49. The minimum atomic E-state index is 0.840. The minimum absolute atomic E-state index is 0.840. The minimum Gasteiger partial charge on any atom is -0.337 e. The highest BCUT2D eigenvalue weighted by molar-refractivity contribution is 7.99. The summed E-state index contributed by atoms with van der Waals surface area (Å²) in [6.45, 7) is 2.91. The third-order valence-corrected chi connectivity index (χ3v) is 4.30. The Balaban J connectivity index is 1.66. The molecular formula is C15H19N5S. The van der Waals surface area contributed by atoms with Gasteiger partial charge in [-0.3, -0.25) is 0 Å². The first-order valence-corrected chi connectivity index (χ1v) is 7.78. The highest BCUT2D eigenvalue weighted by Crippen LogP contribution is 2.41. The van der Waals surface area contributed by atoms with Gasteiger partial charge in [-0.2, -0.15) is 0 Å². The molecule has 0 radical (unpaired) electrons. The molecule has 0 unspecified atom stereocenters. The summed E-state index contributed by atoms with van der Waals surface area (Å²) >= 11 is 1.66. The zero-order valence-electron chi connectivity index (χ0n) is 12.3. The second kappa shape index (κ2) is 6.43. The molecule has 0 aliphatic carbocycles. The number of anilines is 2. The lowest BCUT2D eigenvalue weighted by molar-refractivity contribution is 0.400. The number of likely N-dealkylation sites (N-methyl/N-ethyl adjacent to an activating group) is 1. The van der Waals surface area contributed by atoms with Crippen LogP contribution in [0.4, 0.5) is 11.5 Å². The molecule has 0 saturated heterocycles. The summed E-state index contributed by atoms with van der Waals surface area (Å²) < 4.78 is 0. The molecule has 2 N–H and O–H groups in total. The summed E-state index contributed by atoms with van der Waals surface area (Å²) in [6, 6.07) is 6.49. The molecule has 21 heavy (non-hydrogen) atoms. The quantitative estimate of drug-likeness (QED) is 0.706. The van der Waals surface area contributed by atoms with E-state index < -0.39 is 0 Å². The van der Waals surface area contributed by atoms with Gasteiger partial charge in [0.05, 0.1) is 5.69 Å². The number of nitrogens with one attached hydrogen (secondary N) is 2. The highest BCUT2D eigenvalue weighted by Gasteiger charge is 2.17. The van der Waals surface area contributed by atoms with Gasteiger partial charge in [0.25, 0.3) is 0 Å². The fraction of sp³-hybridized carbons (Fsp3) is 0.333. The number of benzene rings is 1. The fourth-order valence-electron chi connectivity index (χ4n) is 2.13. The first-order valence-electron chi connectivity index (χ1n) is 6.96. The summed E-state index contributed by atoms with van der Waals surface area (Å²) in [5, 5.41) is 7.75. The van der Waals surface area contributed by atoms with Gasteiger partial charge in [-0.15, -0.1) is 0 Å². The van der Waals surface area contributed by atoms with Crippen molar-refractivity contribution < 1.29 is 0 Å². The van der Waals surface area contributed by atoms with Crippen LogP contribution in [-0.2, 0) is 6.54 Å². The van der Waals surface area contributed by atoms with Crippen molar-refractivity contribution in [3.63, 3.8) is 0 Å². The van der Waals surface area contributed by atoms with Crippen molar-refractivity contribution in [2.45, 2.75) is 16.5 Å². The van der Waals surface area contributed by atoms with Gasteiger partial charge in [0.2, 0.25) is 0 Å². The van der Waals surface area contributed by atoms with Crippen LogP contribution in [0.1, 0.15) is 5.56 Å². The molecule has 0 amide bonds. The van der Waals surface area contributed by atoms with Gasteiger partial charge in [0, 0.05) is 36.9 Å². The Bertz CT molecular complexity index is 629. The van der Waals surface area contributed by atoms with Crippen LogP contribution >= 0.6 is 11.8 Å². The largest absolute Gasteiger partial charge is 0.337 e. The Morgan fingerprint density at radius 3 is 2.95 bits per heavy atom.